The van der Waals surface area contributed by atoms with E-state index in [0.717, 1.165) is 56.0 Å². The molecule has 1 aliphatic carbocycles. The maximum Gasteiger partial charge on any atom is 0.255 e. The van der Waals surface area contributed by atoms with E-state index in [1.807, 2.05) is 0 Å². The summed E-state index contributed by atoms with van der Waals surface area (Å²) in [6, 6.07) is 0. The summed E-state index contributed by atoms with van der Waals surface area (Å²) in [5.41, 5.74) is 1.98. The Morgan fingerprint density at radius 3 is 2.62 bits per heavy atom. The zero-order valence-corrected chi connectivity index (χ0v) is 10.0. The van der Waals surface area contributed by atoms with Crippen LogP contribution in [0.15, 0.2) is 4.79 Å². The highest BCUT2D eigenvalue weighted by Gasteiger charge is 2.16. The molecule has 0 saturated heterocycles. The largest absolute Gasteiger partial charge is 0.343 e. The number of nitrogens with one attached hydrogen (secondary N) is 1. The molecular weight excluding hydrogens is 202 g/mol. The fourth-order valence-corrected chi connectivity index (χ4v) is 2.26. The molecule has 1 heterocycles. The molecule has 16 heavy (non-hydrogen) atoms. The quantitative estimate of drug-likeness (QED) is 0.841. The van der Waals surface area contributed by atoms with Gasteiger partial charge < -0.3 is 4.90 Å². The van der Waals surface area contributed by atoms with Gasteiger partial charge in [0.1, 0.15) is 0 Å². The van der Waals surface area contributed by atoms with Gasteiger partial charge in [0.25, 0.3) is 5.56 Å². The summed E-state index contributed by atoms with van der Waals surface area (Å²) in [6.07, 6.45) is 4.10. The van der Waals surface area contributed by atoms with Crippen molar-refractivity contribution >= 4 is 5.95 Å². The summed E-state index contributed by atoms with van der Waals surface area (Å²) in [5.74, 6) is 0.732. The van der Waals surface area contributed by atoms with Gasteiger partial charge in [-0.3, -0.25) is 9.78 Å². The van der Waals surface area contributed by atoms with E-state index in [0.29, 0.717) is 0 Å². The Morgan fingerprint density at radius 1 is 1.25 bits per heavy atom. The molecule has 1 aliphatic rings. The van der Waals surface area contributed by atoms with Crippen LogP contribution in [0.25, 0.3) is 0 Å². The topological polar surface area (TPSA) is 49.0 Å². The maximum atomic E-state index is 11.9. The first-order chi connectivity index (χ1) is 7.76. The molecular formula is C12H19N3O. The molecule has 4 heteroatoms. The van der Waals surface area contributed by atoms with Crippen LogP contribution in [0.5, 0.6) is 0 Å². The van der Waals surface area contributed by atoms with E-state index in [2.05, 4.69) is 28.7 Å². The summed E-state index contributed by atoms with van der Waals surface area (Å²) < 4.78 is 0. The minimum atomic E-state index is 0.0617. The standard InChI is InChI=1S/C12H19N3O/c1-3-15(4-2)12-13-10-8-6-5-7-9(10)11(16)14-12/h3-8H2,1-2H3,(H,13,14,16). The zero-order chi connectivity index (χ0) is 11.5. The number of rotatable bonds is 3. The van der Waals surface area contributed by atoms with Crippen LogP contribution < -0.4 is 10.5 Å². The third-order valence-corrected chi connectivity index (χ3v) is 3.24. The SMILES string of the molecule is CCN(CC)c1nc2c(c(=O)[nH]1)CCCC2. The molecule has 1 aromatic heterocycles. The molecule has 0 unspecified atom stereocenters. The zero-order valence-electron chi connectivity index (χ0n) is 10.0. The average Bonchev–Trinajstić information content (AvgIpc) is 2.31. The molecule has 0 saturated carbocycles. The van der Waals surface area contributed by atoms with E-state index in [4.69, 9.17) is 0 Å². The number of anilines is 1. The highest BCUT2D eigenvalue weighted by Crippen LogP contribution is 2.17. The minimum absolute atomic E-state index is 0.0617. The van der Waals surface area contributed by atoms with Crippen LogP contribution >= 0.6 is 0 Å². The highest BCUT2D eigenvalue weighted by molar-refractivity contribution is 5.33. The summed E-state index contributed by atoms with van der Waals surface area (Å²) >= 11 is 0. The van der Waals surface area contributed by atoms with Gasteiger partial charge >= 0.3 is 0 Å². The van der Waals surface area contributed by atoms with E-state index in [-0.39, 0.29) is 5.56 Å². The number of H-pyrrole nitrogens is 1. The van der Waals surface area contributed by atoms with Crippen molar-refractivity contribution in [1.82, 2.24) is 9.97 Å². The summed E-state index contributed by atoms with van der Waals surface area (Å²) in [6.45, 7) is 5.89. The van der Waals surface area contributed by atoms with Crippen LogP contribution in [0, 0.1) is 0 Å². The second-order valence-electron chi connectivity index (χ2n) is 4.19. The molecule has 88 valence electrons. The molecule has 0 fully saturated rings. The lowest BCUT2D eigenvalue weighted by atomic mass is 9.97. The highest BCUT2D eigenvalue weighted by atomic mass is 16.1. The Bertz CT molecular complexity index is 421. The Labute approximate surface area is 95.7 Å². The van der Waals surface area contributed by atoms with Gasteiger partial charge in [-0.25, -0.2) is 4.98 Å². The molecule has 1 N–H and O–H groups in total. The fraction of sp³-hybridized carbons (Fsp3) is 0.667. The van der Waals surface area contributed by atoms with Gasteiger partial charge in [0.15, 0.2) is 0 Å². The molecule has 0 radical (unpaired) electrons. The van der Waals surface area contributed by atoms with Gasteiger partial charge in [-0.1, -0.05) is 0 Å². The van der Waals surface area contributed by atoms with Crippen LogP contribution in [0.2, 0.25) is 0 Å². The molecule has 0 aromatic carbocycles. The van der Waals surface area contributed by atoms with Crippen molar-refractivity contribution in [3.05, 3.63) is 21.6 Å². The lowest BCUT2D eigenvalue weighted by Crippen LogP contribution is -2.30. The van der Waals surface area contributed by atoms with Crippen LogP contribution in [-0.2, 0) is 12.8 Å². The number of hydrogen-bond donors (Lipinski definition) is 1. The van der Waals surface area contributed by atoms with Crippen molar-refractivity contribution in [2.24, 2.45) is 0 Å². The van der Waals surface area contributed by atoms with Crippen molar-refractivity contribution < 1.29 is 0 Å². The Morgan fingerprint density at radius 2 is 1.94 bits per heavy atom. The van der Waals surface area contributed by atoms with Gasteiger partial charge in [0.05, 0.1) is 5.69 Å². The van der Waals surface area contributed by atoms with Crippen molar-refractivity contribution in [3.63, 3.8) is 0 Å². The van der Waals surface area contributed by atoms with E-state index in [9.17, 15) is 4.79 Å². The first-order valence-electron chi connectivity index (χ1n) is 6.13. The molecule has 0 atom stereocenters. The van der Waals surface area contributed by atoms with Gasteiger partial charge in [-0.05, 0) is 39.5 Å². The summed E-state index contributed by atoms with van der Waals surface area (Å²) in [4.78, 5) is 21.5. The predicted octanol–water partition coefficient (Wildman–Crippen LogP) is 1.49. The first-order valence-corrected chi connectivity index (χ1v) is 6.13. The monoisotopic (exact) mass is 221 g/mol. The van der Waals surface area contributed by atoms with E-state index in [1.165, 1.54) is 0 Å². The normalized spacial score (nSPS) is 14.6. The van der Waals surface area contributed by atoms with Crippen LogP contribution in [0.3, 0.4) is 0 Å². The van der Waals surface area contributed by atoms with Crippen molar-refractivity contribution in [2.75, 3.05) is 18.0 Å². The first kappa shape index (κ1) is 11.2. The van der Waals surface area contributed by atoms with Gasteiger partial charge in [-0.2, -0.15) is 0 Å². The number of nitrogens with zero attached hydrogens (tertiary/aromatic N) is 2. The van der Waals surface area contributed by atoms with Crippen molar-refractivity contribution in [1.29, 1.82) is 0 Å². The molecule has 0 bridgehead atoms. The van der Waals surface area contributed by atoms with E-state index >= 15 is 0 Å². The lowest BCUT2D eigenvalue weighted by Gasteiger charge is -2.21. The molecule has 0 aliphatic heterocycles. The predicted molar refractivity (Wildman–Crippen MR) is 65.1 cm³/mol. The molecule has 4 nitrogen and oxygen atoms in total. The summed E-state index contributed by atoms with van der Waals surface area (Å²) in [7, 11) is 0. The smallest absolute Gasteiger partial charge is 0.255 e. The number of fused-ring (bicyclic) bond motifs is 1. The van der Waals surface area contributed by atoms with Gasteiger partial charge in [-0.15, -0.1) is 0 Å². The van der Waals surface area contributed by atoms with E-state index < -0.39 is 0 Å². The third kappa shape index (κ3) is 1.96. The fourth-order valence-electron chi connectivity index (χ4n) is 2.26. The Kier molecular flexibility index (Phi) is 3.27. The third-order valence-electron chi connectivity index (χ3n) is 3.24. The van der Waals surface area contributed by atoms with Crippen LogP contribution in [-0.4, -0.2) is 23.1 Å². The number of aryl methyl sites for hydroxylation is 1. The summed E-state index contributed by atoms with van der Waals surface area (Å²) in [5, 5.41) is 0. The second kappa shape index (κ2) is 4.68. The van der Waals surface area contributed by atoms with Crippen molar-refractivity contribution in [3.8, 4) is 0 Å². The lowest BCUT2D eigenvalue weighted by molar-refractivity contribution is 0.651. The molecule has 2 rings (SSSR count). The van der Waals surface area contributed by atoms with Crippen LogP contribution in [0.4, 0.5) is 5.95 Å². The number of aromatic nitrogens is 2. The molecule has 0 amide bonds. The van der Waals surface area contributed by atoms with Crippen LogP contribution in [0.1, 0.15) is 37.9 Å². The number of hydrogen-bond acceptors (Lipinski definition) is 3. The Hall–Kier alpha value is -1.32. The minimum Gasteiger partial charge on any atom is -0.343 e. The van der Waals surface area contributed by atoms with E-state index in [1.54, 1.807) is 0 Å². The average molecular weight is 221 g/mol. The molecule has 0 spiro atoms. The second-order valence-corrected chi connectivity index (χ2v) is 4.19. The molecule has 1 aromatic rings. The van der Waals surface area contributed by atoms with Crippen molar-refractivity contribution in [2.45, 2.75) is 39.5 Å². The number of aromatic amines is 1. The van der Waals surface area contributed by atoms with Gasteiger partial charge in [0.2, 0.25) is 5.95 Å². The van der Waals surface area contributed by atoms with Gasteiger partial charge in [0, 0.05) is 18.7 Å². The Balaban J connectivity index is 2.42. The maximum absolute atomic E-state index is 11.9.